The third-order valence-corrected chi connectivity index (χ3v) is 4.40. The summed E-state index contributed by atoms with van der Waals surface area (Å²) >= 11 is 6.35. The van der Waals surface area contributed by atoms with Crippen LogP contribution in [0.2, 0.25) is 5.02 Å². The number of halogens is 3. The number of nitrogens with zero attached hydrogens (tertiary/aromatic N) is 1. The van der Waals surface area contributed by atoms with E-state index in [1.807, 2.05) is 6.07 Å². The van der Waals surface area contributed by atoms with E-state index in [2.05, 4.69) is 0 Å². The lowest BCUT2D eigenvalue weighted by molar-refractivity contribution is 0.284. The molecule has 3 nitrogen and oxygen atoms in total. The predicted octanol–water partition coefficient (Wildman–Crippen LogP) is 6.27. The second-order valence-electron chi connectivity index (χ2n) is 6.10. The molecule has 0 saturated carbocycles. The molecule has 0 bridgehead atoms. The average Bonchev–Trinajstić information content (AvgIpc) is 2.71. The number of hydrogen-bond donors (Lipinski definition) is 0. The summed E-state index contributed by atoms with van der Waals surface area (Å²) in [4.78, 5) is 0. The monoisotopic (exact) mass is 411 g/mol. The first-order valence-electron chi connectivity index (χ1n) is 8.63. The molecular formula is C23H16ClF2NO2. The Kier molecular flexibility index (Phi) is 6.48. The van der Waals surface area contributed by atoms with Crippen LogP contribution in [-0.4, -0.2) is 7.11 Å². The van der Waals surface area contributed by atoms with Gasteiger partial charge in [-0.05, 0) is 47.5 Å². The largest absolute Gasteiger partial charge is 0.493 e. The molecule has 0 fully saturated rings. The Balaban J connectivity index is 1.92. The number of ether oxygens (including phenoxy) is 2. The smallest absolute Gasteiger partial charge is 0.180 e. The van der Waals surface area contributed by atoms with Gasteiger partial charge >= 0.3 is 0 Å². The first-order valence-corrected chi connectivity index (χ1v) is 9.01. The van der Waals surface area contributed by atoms with Crippen LogP contribution >= 0.6 is 11.6 Å². The summed E-state index contributed by atoms with van der Waals surface area (Å²) in [5.74, 6) is -0.221. The molecule has 0 spiro atoms. The van der Waals surface area contributed by atoms with Crippen molar-refractivity contribution in [3.05, 3.63) is 94.0 Å². The summed E-state index contributed by atoms with van der Waals surface area (Å²) in [5.41, 5.74) is 1.52. The van der Waals surface area contributed by atoms with Gasteiger partial charge in [-0.25, -0.2) is 8.78 Å². The van der Waals surface area contributed by atoms with E-state index >= 15 is 0 Å². The minimum Gasteiger partial charge on any atom is -0.493 e. The molecule has 0 aliphatic carbocycles. The van der Waals surface area contributed by atoms with Crippen LogP contribution in [0.4, 0.5) is 8.78 Å². The molecule has 29 heavy (non-hydrogen) atoms. The lowest BCUT2D eigenvalue weighted by Gasteiger charge is -2.14. The van der Waals surface area contributed by atoms with Crippen LogP contribution in [0.25, 0.3) is 11.6 Å². The van der Waals surface area contributed by atoms with Crippen LogP contribution in [0.3, 0.4) is 0 Å². The molecule has 3 rings (SSSR count). The number of allylic oxidation sites excluding steroid dienone is 1. The molecule has 0 aliphatic heterocycles. The normalized spacial score (nSPS) is 11.1. The van der Waals surface area contributed by atoms with Crippen molar-refractivity contribution >= 4 is 23.3 Å². The van der Waals surface area contributed by atoms with Crippen molar-refractivity contribution in [2.75, 3.05) is 7.11 Å². The first kappa shape index (κ1) is 20.4. The average molecular weight is 412 g/mol. The fourth-order valence-corrected chi connectivity index (χ4v) is 3.04. The molecule has 0 amide bonds. The van der Waals surface area contributed by atoms with E-state index in [0.717, 1.165) is 0 Å². The quantitative estimate of drug-likeness (QED) is 0.354. The Labute approximate surface area is 172 Å². The van der Waals surface area contributed by atoms with E-state index in [1.165, 1.54) is 37.5 Å². The minimum atomic E-state index is -0.492. The molecule has 146 valence electrons. The van der Waals surface area contributed by atoms with Gasteiger partial charge in [-0.1, -0.05) is 41.9 Å². The van der Waals surface area contributed by atoms with Gasteiger partial charge in [0.25, 0.3) is 0 Å². The lowest BCUT2D eigenvalue weighted by atomic mass is 10.0. The topological polar surface area (TPSA) is 42.2 Å². The standard InChI is InChI=1S/C23H16ClF2NO2/c1-28-22-12-16(9-17(13-27)19-7-2-3-8-21(19)26)11-20(24)23(22)29-14-15-5-4-6-18(25)10-15/h2-12H,14H2,1H3/b17-9-. The molecule has 0 N–H and O–H groups in total. The lowest BCUT2D eigenvalue weighted by Crippen LogP contribution is -1.99. The van der Waals surface area contributed by atoms with Gasteiger partial charge in [0.15, 0.2) is 11.5 Å². The Morgan fingerprint density at radius 3 is 2.59 bits per heavy atom. The first-order chi connectivity index (χ1) is 14.0. The van der Waals surface area contributed by atoms with E-state index in [1.54, 1.807) is 36.4 Å². The van der Waals surface area contributed by atoms with Crippen molar-refractivity contribution in [2.45, 2.75) is 6.61 Å². The van der Waals surface area contributed by atoms with Crippen LogP contribution in [0.5, 0.6) is 11.5 Å². The Hall–Kier alpha value is -3.36. The van der Waals surface area contributed by atoms with E-state index in [0.29, 0.717) is 22.6 Å². The van der Waals surface area contributed by atoms with Gasteiger partial charge in [0, 0.05) is 5.56 Å². The van der Waals surface area contributed by atoms with Gasteiger partial charge in [0.1, 0.15) is 18.2 Å². The van der Waals surface area contributed by atoms with Crippen LogP contribution in [0.15, 0.2) is 60.7 Å². The number of nitriles is 1. The second-order valence-corrected chi connectivity index (χ2v) is 6.51. The SMILES string of the molecule is COc1cc(/C=C(/C#N)c2ccccc2F)cc(Cl)c1OCc1cccc(F)c1. The van der Waals surface area contributed by atoms with Crippen molar-refractivity contribution in [3.8, 4) is 17.6 Å². The zero-order valence-electron chi connectivity index (χ0n) is 15.5. The van der Waals surface area contributed by atoms with Crippen molar-refractivity contribution in [1.29, 1.82) is 5.26 Å². The molecule has 6 heteroatoms. The minimum absolute atomic E-state index is 0.0989. The predicted molar refractivity (Wildman–Crippen MR) is 109 cm³/mol. The third kappa shape index (κ3) is 4.92. The maximum Gasteiger partial charge on any atom is 0.180 e. The zero-order chi connectivity index (χ0) is 20.8. The highest BCUT2D eigenvalue weighted by molar-refractivity contribution is 6.32. The van der Waals surface area contributed by atoms with Gasteiger partial charge in [-0.3, -0.25) is 0 Å². The maximum atomic E-state index is 14.0. The molecule has 3 aromatic carbocycles. The van der Waals surface area contributed by atoms with Gasteiger partial charge in [-0.2, -0.15) is 5.26 Å². The van der Waals surface area contributed by atoms with E-state index < -0.39 is 5.82 Å². The van der Waals surface area contributed by atoms with Crippen LogP contribution in [0.1, 0.15) is 16.7 Å². The zero-order valence-corrected chi connectivity index (χ0v) is 16.2. The summed E-state index contributed by atoms with van der Waals surface area (Å²) in [5, 5.41) is 9.69. The Morgan fingerprint density at radius 1 is 1.10 bits per heavy atom. The molecule has 0 radical (unpaired) electrons. The molecule has 0 unspecified atom stereocenters. The maximum absolute atomic E-state index is 14.0. The fraction of sp³-hybridized carbons (Fsp3) is 0.0870. The highest BCUT2D eigenvalue weighted by Gasteiger charge is 2.14. The van der Waals surface area contributed by atoms with Crippen molar-refractivity contribution in [3.63, 3.8) is 0 Å². The highest BCUT2D eigenvalue weighted by atomic mass is 35.5. The number of rotatable bonds is 6. The van der Waals surface area contributed by atoms with Crippen molar-refractivity contribution < 1.29 is 18.3 Å². The molecular weight excluding hydrogens is 396 g/mol. The molecule has 0 saturated heterocycles. The molecule has 0 heterocycles. The summed E-state index contributed by atoms with van der Waals surface area (Å²) < 4.78 is 38.4. The van der Waals surface area contributed by atoms with Crippen LogP contribution in [0, 0.1) is 23.0 Å². The Morgan fingerprint density at radius 2 is 1.90 bits per heavy atom. The molecule has 0 aromatic heterocycles. The van der Waals surface area contributed by atoms with Crippen molar-refractivity contribution in [1.82, 2.24) is 0 Å². The summed E-state index contributed by atoms with van der Waals surface area (Å²) in [6, 6.07) is 17.3. The fourth-order valence-electron chi connectivity index (χ4n) is 2.76. The second kappa shape index (κ2) is 9.22. The molecule has 0 aliphatic rings. The third-order valence-electron chi connectivity index (χ3n) is 4.12. The number of benzene rings is 3. The summed E-state index contributed by atoms with van der Waals surface area (Å²) in [6.45, 7) is 0.0989. The van der Waals surface area contributed by atoms with Gasteiger partial charge in [0.2, 0.25) is 0 Å². The van der Waals surface area contributed by atoms with Gasteiger partial charge < -0.3 is 9.47 Å². The van der Waals surface area contributed by atoms with E-state index in [-0.39, 0.29) is 28.6 Å². The van der Waals surface area contributed by atoms with E-state index in [4.69, 9.17) is 21.1 Å². The molecule has 3 aromatic rings. The Bertz CT molecular complexity index is 1110. The van der Waals surface area contributed by atoms with Gasteiger partial charge in [0.05, 0.1) is 23.8 Å². The highest BCUT2D eigenvalue weighted by Crippen LogP contribution is 2.38. The van der Waals surface area contributed by atoms with Crippen LogP contribution < -0.4 is 9.47 Å². The van der Waals surface area contributed by atoms with Crippen molar-refractivity contribution in [2.24, 2.45) is 0 Å². The summed E-state index contributed by atoms with van der Waals surface area (Å²) in [6.07, 6.45) is 1.52. The number of methoxy groups -OCH3 is 1. The van der Waals surface area contributed by atoms with Crippen LogP contribution in [-0.2, 0) is 6.61 Å². The number of hydrogen-bond acceptors (Lipinski definition) is 3. The van der Waals surface area contributed by atoms with E-state index in [9.17, 15) is 14.0 Å². The summed E-state index contributed by atoms with van der Waals surface area (Å²) in [7, 11) is 1.45. The van der Waals surface area contributed by atoms with Gasteiger partial charge in [-0.15, -0.1) is 0 Å². The molecule has 0 atom stereocenters.